The van der Waals surface area contributed by atoms with Gasteiger partial charge in [0.25, 0.3) is 0 Å². The van der Waals surface area contributed by atoms with Crippen LogP contribution in [0, 0.1) is 0 Å². The highest BCUT2D eigenvalue weighted by molar-refractivity contribution is 5.71. The van der Waals surface area contributed by atoms with Crippen LogP contribution < -0.4 is 0 Å². The minimum absolute atomic E-state index is 0.0486. The number of hydrogen-bond donors (Lipinski definition) is 0. The average Bonchev–Trinajstić information content (AvgIpc) is 2.41. The molecular weight excluding hydrogens is 276 g/mol. The van der Waals surface area contributed by atoms with Crippen LogP contribution in [0.15, 0.2) is 0 Å². The highest BCUT2D eigenvalue weighted by Gasteiger charge is 2.16. The fraction of sp³-hybridized carbons (Fsp3) is 0.933. The number of rotatable bonds is 9. The maximum atomic E-state index is 11.3. The molecule has 0 aromatic rings. The Kier molecular flexibility index (Phi) is 8.84. The van der Waals surface area contributed by atoms with E-state index in [0.29, 0.717) is 26.4 Å². The first-order valence-corrected chi connectivity index (χ1v) is 7.58. The first-order valence-electron chi connectivity index (χ1n) is 7.58. The van der Waals surface area contributed by atoms with Gasteiger partial charge in [-0.3, -0.25) is 0 Å². The largest absolute Gasteiger partial charge is 0.458 e. The van der Waals surface area contributed by atoms with Crippen LogP contribution >= 0.6 is 0 Å². The standard InChI is InChI=1S/C15H28O6/c1-15(2,3)21-13(16)12-18-9-8-17-10-11-20-14-6-4-5-7-19-14/h14H,4-12H2,1-3H3. The van der Waals surface area contributed by atoms with E-state index in [9.17, 15) is 4.79 Å². The zero-order valence-corrected chi connectivity index (χ0v) is 13.4. The summed E-state index contributed by atoms with van der Waals surface area (Å²) in [5.41, 5.74) is -0.477. The molecule has 0 spiro atoms. The van der Waals surface area contributed by atoms with E-state index < -0.39 is 5.60 Å². The van der Waals surface area contributed by atoms with Crippen LogP contribution in [0.25, 0.3) is 0 Å². The van der Waals surface area contributed by atoms with Gasteiger partial charge in [-0.1, -0.05) is 0 Å². The molecule has 0 aromatic heterocycles. The van der Waals surface area contributed by atoms with Gasteiger partial charge in [0, 0.05) is 6.61 Å². The Labute approximate surface area is 127 Å². The summed E-state index contributed by atoms with van der Waals surface area (Å²) < 4.78 is 26.6. The Hall–Kier alpha value is -0.690. The maximum Gasteiger partial charge on any atom is 0.332 e. The van der Waals surface area contributed by atoms with E-state index in [0.717, 1.165) is 25.9 Å². The predicted molar refractivity (Wildman–Crippen MR) is 77.0 cm³/mol. The summed E-state index contributed by atoms with van der Waals surface area (Å²) in [6.45, 7) is 8.00. The van der Waals surface area contributed by atoms with E-state index in [1.165, 1.54) is 0 Å². The van der Waals surface area contributed by atoms with Crippen molar-refractivity contribution in [1.29, 1.82) is 0 Å². The van der Waals surface area contributed by atoms with Crippen LogP contribution in [0.1, 0.15) is 40.0 Å². The van der Waals surface area contributed by atoms with Gasteiger partial charge in [0.2, 0.25) is 0 Å². The zero-order chi connectivity index (χ0) is 15.6. The minimum atomic E-state index is -0.477. The molecule has 1 heterocycles. The summed E-state index contributed by atoms with van der Waals surface area (Å²) in [6.07, 6.45) is 3.15. The maximum absolute atomic E-state index is 11.3. The van der Waals surface area contributed by atoms with Gasteiger partial charge >= 0.3 is 5.97 Å². The van der Waals surface area contributed by atoms with Crippen LogP contribution in [0.5, 0.6) is 0 Å². The zero-order valence-electron chi connectivity index (χ0n) is 13.4. The summed E-state index contributed by atoms with van der Waals surface area (Å²) in [5, 5.41) is 0. The topological polar surface area (TPSA) is 63.2 Å². The van der Waals surface area contributed by atoms with Crippen LogP contribution in [-0.4, -0.2) is 57.5 Å². The minimum Gasteiger partial charge on any atom is -0.458 e. The number of carbonyl (C=O) groups is 1. The molecule has 0 bridgehead atoms. The smallest absolute Gasteiger partial charge is 0.332 e. The first-order chi connectivity index (χ1) is 9.97. The van der Waals surface area contributed by atoms with Gasteiger partial charge in [-0.15, -0.1) is 0 Å². The van der Waals surface area contributed by atoms with Crippen molar-refractivity contribution in [2.75, 3.05) is 39.6 Å². The van der Waals surface area contributed by atoms with E-state index in [1.807, 2.05) is 20.8 Å². The summed E-state index contributed by atoms with van der Waals surface area (Å²) in [7, 11) is 0. The van der Waals surface area contributed by atoms with Crippen LogP contribution in [0.2, 0.25) is 0 Å². The van der Waals surface area contributed by atoms with Gasteiger partial charge in [-0.25, -0.2) is 4.79 Å². The highest BCUT2D eigenvalue weighted by atomic mass is 16.7. The van der Waals surface area contributed by atoms with E-state index in [1.54, 1.807) is 0 Å². The van der Waals surface area contributed by atoms with Gasteiger partial charge in [0.15, 0.2) is 6.29 Å². The molecule has 0 radical (unpaired) electrons. The summed E-state index contributed by atoms with van der Waals surface area (Å²) in [5.74, 6) is -0.361. The Bertz CT molecular complexity index is 280. The Morgan fingerprint density at radius 2 is 1.81 bits per heavy atom. The van der Waals surface area contributed by atoms with Crippen molar-refractivity contribution in [1.82, 2.24) is 0 Å². The fourth-order valence-corrected chi connectivity index (χ4v) is 1.83. The molecule has 0 aliphatic carbocycles. The highest BCUT2D eigenvalue weighted by Crippen LogP contribution is 2.13. The summed E-state index contributed by atoms with van der Waals surface area (Å²) in [6, 6.07) is 0. The molecule has 1 aliphatic heterocycles. The first kappa shape index (κ1) is 18.4. The lowest BCUT2D eigenvalue weighted by Gasteiger charge is -2.22. The Morgan fingerprint density at radius 3 is 2.48 bits per heavy atom. The van der Waals surface area contributed by atoms with Crippen molar-refractivity contribution in [2.24, 2.45) is 0 Å². The van der Waals surface area contributed by atoms with Crippen molar-refractivity contribution in [2.45, 2.75) is 51.9 Å². The van der Waals surface area contributed by atoms with E-state index in [2.05, 4.69) is 0 Å². The van der Waals surface area contributed by atoms with Gasteiger partial charge in [-0.05, 0) is 40.0 Å². The fourth-order valence-electron chi connectivity index (χ4n) is 1.83. The molecule has 0 aromatic carbocycles. The van der Waals surface area contributed by atoms with E-state index >= 15 is 0 Å². The van der Waals surface area contributed by atoms with Crippen LogP contribution in [0.4, 0.5) is 0 Å². The van der Waals surface area contributed by atoms with Crippen LogP contribution in [-0.2, 0) is 28.5 Å². The van der Waals surface area contributed by atoms with Crippen molar-refractivity contribution in [3.05, 3.63) is 0 Å². The van der Waals surface area contributed by atoms with Gasteiger partial charge < -0.3 is 23.7 Å². The number of hydrogen-bond acceptors (Lipinski definition) is 6. The molecule has 0 saturated carbocycles. The molecule has 1 fully saturated rings. The third kappa shape index (κ3) is 10.6. The normalized spacial score (nSPS) is 19.5. The third-order valence-corrected chi connectivity index (χ3v) is 2.68. The van der Waals surface area contributed by atoms with Gasteiger partial charge in [-0.2, -0.15) is 0 Å². The predicted octanol–water partition coefficient (Wildman–Crippen LogP) is 1.90. The summed E-state index contributed by atoms with van der Waals surface area (Å²) in [4.78, 5) is 11.3. The molecule has 1 saturated heterocycles. The van der Waals surface area contributed by atoms with Gasteiger partial charge in [0.05, 0.1) is 26.4 Å². The van der Waals surface area contributed by atoms with Crippen molar-refractivity contribution < 1.29 is 28.5 Å². The molecule has 1 rings (SSSR count). The molecule has 1 unspecified atom stereocenters. The van der Waals surface area contributed by atoms with Crippen molar-refractivity contribution in [3.63, 3.8) is 0 Å². The van der Waals surface area contributed by atoms with Crippen LogP contribution in [0.3, 0.4) is 0 Å². The van der Waals surface area contributed by atoms with Gasteiger partial charge in [0.1, 0.15) is 12.2 Å². The Morgan fingerprint density at radius 1 is 1.10 bits per heavy atom. The van der Waals surface area contributed by atoms with E-state index in [4.69, 9.17) is 23.7 Å². The molecule has 6 heteroatoms. The molecule has 124 valence electrons. The average molecular weight is 304 g/mol. The lowest BCUT2D eigenvalue weighted by molar-refractivity contribution is -0.170. The van der Waals surface area contributed by atoms with Crippen molar-refractivity contribution >= 4 is 5.97 Å². The second-order valence-corrected chi connectivity index (χ2v) is 5.92. The monoisotopic (exact) mass is 304 g/mol. The molecule has 0 N–H and O–H groups in total. The molecular formula is C15H28O6. The summed E-state index contributed by atoms with van der Waals surface area (Å²) >= 11 is 0. The molecule has 1 aliphatic rings. The molecule has 6 nitrogen and oxygen atoms in total. The SMILES string of the molecule is CC(C)(C)OC(=O)COCCOCCOC1CCCCO1. The molecule has 21 heavy (non-hydrogen) atoms. The number of esters is 1. The lowest BCUT2D eigenvalue weighted by atomic mass is 10.2. The lowest BCUT2D eigenvalue weighted by Crippen LogP contribution is -2.27. The quantitative estimate of drug-likeness (QED) is 0.479. The number of carbonyl (C=O) groups excluding carboxylic acids is 1. The van der Waals surface area contributed by atoms with E-state index in [-0.39, 0.29) is 18.9 Å². The molecule has 0 amide bonds. The Balaban J connectivity index is 1.85. The third-order valence-electron chi connectivity index (χ3n) is 2.68. The second kappa shape index (κ2) is 10.1. The molecule has 1 atom stereocenters. The number of ether oxygens (including phenoxy) is 5. The van der Waals surface area contributed by atoms with Crippen molar-refractivity contribution in [3.8, 4) is 0 Å². The second-order valence-electron chi connectivity index (χ2n) is 5.92.